The lowest BCUT2D eigenvalue weighted by molar-refractivity contribution is 0.511. The van der Waals surface area contributed by atoms with Crippen LogP contribution in [-0.2, 0) is 6.42 Å². The summed E-state index contributed by atoms with van der Waals surface area (Å²) in [7, 11) is 0. The highest BCUT2D eigenvalue weighted by Crippen LogP contribution is 2.30. The zero-order valence-electron chi connectivity index (χ0n) is 13.2. The van der Waals surface area contributed by atoms with Gasteiger partial charge in [0, 0.05) is 10.9 Å². The lowest BCUT2D eigenvalue weighted by Gasteiger charge is -2.29. The van der Waals surface area contributed by atoms with Gasteiger partial charge < -0.3 is 0 Å². The topological polar surface area (TPSA) is 25.2 Å². The Bertz CT molecular complexity index is 941. The van der Waals surface area contributed by atoms with Crippen molar-refractivity contribution in [2.45, 2.75) is 25.8 Å². The van der Waals surface area contributed by atoms with Gasteiger partial charge in [0.2, 0.25) is 0 Å². The second kappa shape index (κ2) is 4.98. The van der Waals surface area contributed by atoms with Crippen LogP contribution in [0, 0.1) is 5.82 Å². The average molecular weight is 304 g/mol. The van der Waals surface area contributed by atoms with Gasteiger partial charge in [-0.2, -0.15) is 0 Å². The summed E-state index contributed by atoms with van der Waals surface area (Å²) in [6.45, 7) is 4.20. The van der Waals surface area contributed by atoms with Crippen molar-refractivity contribution in [2.75, 3.05) is 0 Å². The van der Waals surface area contributed by atoms with Crippen LogP contribution in [-0.4, -0.2) is 16.2 Å². The third-order valence-corrected chi connectivity index (χ3v) is 4.21. The lowest BCUT2D eigenvalue weighted by Crippen LogP contribution is -2.29. The molecule has 0 unspecified atom stereocenters. The number of benzene rings is 2. The van der Waals surface area contributed by atoms with Crippen LogP contribution in [0.3, 0.4) is 0 Å². The van der Waals surface area contributed by atoms with Crippen LogP contribution in [0.1, 0.15) is 30.7 Å². The maximum Gasteiger partial charge on any atom is 0.123 e. The summed E-state index contributed by atoms with van der Waals surface area (Å²) in [5.74, 6) is -0.239. The number of para-hydroxylation sites is 1. The van der Waals surface area contributed by atoms with Crippen molar-refractivity contribution in [3.63, 3.8) is 0 Å². The van der Waals surface area contributed by atoms with E-state index < -0.39 is 0 Å². The van der Waals surface area contributed by atoms with E-state index in [2.05, 4.69) is 13.8 Å². The molecule has 2 aromatic carbocycles. The van der Waals surface area contributed by atoms with E-state index in [-0.39, 0.29) is 11.4 Å². The number of hydrogen-bond donors (Lipinski definition) is 0. The highest BCUT2D eigenvalue weighted by Gasteiger charge is 2.28. The lowest BCUT2D eigenvalue weighted by atomic mass is 9.86. The molecule has 0 spiro atoms. The predicted molar refractivity (Wildman–Crippen MR) is 91.6 cm³/mol. The molecule has 0 aliphatic carbocycles. The Balaban J connectivity index is 1.94. The van der Waals surface area contributed by atoms with Crippen LogP contribution in [0.4, 0.5) is 4.39 Å². The molecule has 2 heterocycles. The van der Waals surface area contributed by atoms with Gasteiger partial charge in [-0.05, 0) is 50.1 Å². The first-order valence-corrected chi connectivity index (χ1v) is 7.77. The molecule has 3 heteroatoms. The van der Waals surface area contributed by atoms with E-state index in [1.807, 2.05) is 42.5 Å². The van der Waals surface area contributed by atoms with Crippen molar-refractivity contribution >= 4 is 16.6 Å². The average Bonchev–Trinajstić information content (AvgIpc) is 2.53. The molecule has 114 valence electrons. The highest BCUT2D eigenvalue weighted by atomic mass is 19.1. The fourth-order valence-corrected chi connectivity index (χ4v) is 3.18. The second-order valence-electron chi connectivity index (χ2n) is 6.64. The van der Waals surface area contributed by atoms with Gasteiger partial charge in [0.25, 0.3) is 0 Å². The van der Waals surface area contributed by atoms with Gasteiger partial charge in [0.1, 0.15) is 5.82 Å². The van der Waals surface area contributed by atoms with E-state index in [9.17, 15) is 4.39 Å². The minimum absolute atomic E-state index is 0.215. The van der Waals surface area contributed by atoms with Gasteiger partial charge in [0.15, 0.2) is 0 Å². The van der Waals surface area contributed by atoms with Crippen LogP contribution in [0.15, 0.2) is 59.6 Å². The van der Waals surface area contributed by atoms with Gasteiger partial charge >= 0.3 is 0 Å². The van der Waals surface area contributed by atoms with Crippen LogP contribution in [0.25, 0.3) is 10.9 Å². The van der Waals surface area contributed by atoms with Crippen LogP contribution in [0.5, 0.6) is 0 Å². The van der Waals surface area contributed by atoms with Gasteiger partial charge in [-0.3, -0.25) is 4.99 Å². The standard InChI is InChI=1S/C20H17FN2/c1-20(2)12-14-7-9-15(21)11-16(14)19(23-20)18-10-8-13-5-3-4-6-17(13)22-18/h3-11H,12H2,1-2H3. The number of aromatic nitrogens is 1. The monoisotopic (exact) mass is 304 g/mol. The maximum atomic E-state index is 13.8. The van der Waals surface area contributed by atoms with Gasteiger partial charge in [-0.25, -0.2) is 9.37 Å². The smallest absolute Gasteiger partial charge is 0.123 e. The third kappa shape index (κ3) is 2.52. The van der Waals surface area contributed by atoms with E-state index in [1.165, 1.54) is 6.07 Å². The zero-order chi connectivity index (χ0) is 16.0. The number of aliphatic imine (C=N–C) groups is 1. The fourth-order valence-electron chi connectivity index (χ4n) is 3.18. The molecule has 0 N–H and O–H groups in total. The summed E-state index contributed by atoms with van der Waals surface area (Å²) in [5, 5.41) is 1.09. The summed E-state index contributed by atoms with van der Waals surface area (Å²) in [5.41, 5.74) is 4.26. The Labute approximate surface area is 134 Å². The Morgan fingerprint density at radius 2 is 1.83 bits per heavy atom. The largest absolute Gasteiger partial charge is 0.276 e. The molecular formula is C20H17FN2. The fraction of sp³-hybridized carbons (Fsp3) is 0.200. The molecule has 0 saturated heterocycles. The Morgan fingerprint density at radius 1 is 1.00 bits per heavy atom. The number of rotatable bonds is 1. The number of nitrogens with zero attached hydrogens (tertiary/aromatic N) is 2. The SMILES string of the molecule is CC1(C)Cc2ccc(F)cc2C(c2ccc3ccccc3n2)=N1. The summed E-state index contributed by atoms with van der Waals surface area (Å²) < 4.78 is 13.8. The first kappa shape index (κ1) is 14.1. The molecule has 4 rings (SSSR count). The van der Waals surface area contributed by atoms with E-state index >= 15 is 0 Å². The number of pyridine rings is 1. The first-order valence-electron chi connectivity index (χ1n) is 7.77. The van der Waals surface area contributed by atoms with Crippen molar-refractivity contribution < 1.29 is 4.39 Å². The molecular weight excluding hydrogens is 287 g/mol. The Hall–Kier alpha value is -2.55. The maximum absolute atomic E-state index is 13.8. The molecule has 0 amide bonds. The normalized spacial score (nSPS) is 16.0. The van der Waals surface area contributed by atoms with E-state index in [4.69, 9.17) is 9.98 Å². The van der Waals surface area contributed by atoms with Gasteiger partial charge in [-0.15, -0.1) is 0 Å². The Morgan fingerprint density at radius 3 is 2.70 bits per heavy atom. The zero-order valence-corrected chi connectivity index (χ0v) is 13.2. The van der Waals surface area contributed by atoms with Crippen molar-refractivity contribution in [1.82, 2.24) is 4.98 Å². The molecule has 0 atom stereocenters. The quantitative estimate of drug-likeness (QED) is 0.647. The molecule has 2 nitrogen and oxygen atoms in total. The number of fused-ring (bicyclic) bond motifs is 2. The first-order chi connectivity index (χ1) is 11.0. The third-order valence-electron chi connectivity index (χ3n) is 4.21. The summed E-state index contributed by atoms with van der Waals surface area (Å²) >= 11 is 0. The summed E-state index contributed by atoms with van der Waals surface area (Å²) in [4.78, 5) is 9.60. The van der Waals surface area contributed by atoms with E-state index in [0.29, 0.717) is 0 Å². The van der Waals surface area contributed by atoms with Crippen molar-refractivity contribution in [2.24, 2.45) is 4.99 Å². The number of hydrogen-bond acceptors (Lipinski definition) is 2. The number of halogens is 1. The van der Waals surface area contributed by atoms with E-state index in [0.717, 1.165) is 39.9 Å². The van der Waals surface area contributed by atoms with E-state index in [1.54, 1.807) is 6.07 Å². The highest BCUT2D eigenvalue weighted by molar-refractivity contribution is 6.14. The molecule has 1 aromatic heterocycles. The van der Waals surface area contributed by atoms with Crippen molar-refractivity contribution in [3.8, 4) is 0 Å². The molecule has 0 radical (unpaired) electrons. The molecule has 3 aromatic rings. The van der Waals surface area contributed by atoms with Crippen LogP contribution < -0.4 is 0 Å². The van der Waals surface area contributed by atoms with Crippen molar-refractivity contribution in [1.29, 1.82) is 0 Å². The summed E-state index contributed by atoms with van der Waals surface area (Å²) in [6.07, 6.45) is 0.805. The molecule has 23 heavy (non-hydrogen) atoms. The molecule has 0 fully saturated rings. The van der Waals surface area contributed by atoms with Crippen molar-refractivity contribution in [3.05, 3.63) is 77.2 Å². The minimum Gasteiger partial charge on any atom is -0.276 e. The molecule has 1 aliphatic heterocycles. The molecule has 1 aliphatic rings. The van der Waals surface area contributed by atoms with Gasteiger partial charge in [-0.1, -0.05) is 30.3 Å². The minimum atomic E-state index is -0.239. The molecule has 0 bridgehead atoms. The second-order valence-corrected chi connectivity index (χ2v) is 6.64. The Kier molecular flexibility index (Phi) is 3.05. The predicted octanol–water partition coefficient (Wildman–Crippen LogP) is 4.55. The van der Waals surface area contributed by atoms with Crippen LogP contribution >= 0.6 is 0 Å². The summed E-state index contributed by atoms with van der Waals surface area (Å²) in [6, 6.07) is 17.0. The van der Waals surface area contributed by atoms with Crippen LogP contribution in [0.2, 0.25) is 0 Å². The molecule has 0 saturated carbocycles. The van der Waals surface area contributed by atoms with Gasteiger partial charge in [0.05, 0.1) is 22.5 Å².